The Labute approximate surface area is 127 Å². The summed E-state index contributed by atoms with van der Waals surface area (Å²) >= 11 is 3.36. The first-order chi connectivity index (χ1) is 9.43. The summed E-state index contributed by atoms with van der Waals surface area (Å²) < 4.78 is 0.987. The number of hydrogen-bond donors (Lipinski definition) is 2. The maximum atomic E-state index is 12.0. The molecule has 2 atom stereocenters. The van der Waals surface area contributed by atoms with Crippen LogP contribution >= 0.6 is 15.9 Å². The largest absolute Gasteiger partial charge is 0.368 e. The summed E-state index contributed by atoms with van der Waals surface area (Å²) in [7, 11) is 0. The van der Waals surface area contributed by atoms with Crippen molar-refractivity contribution in [2.75, 3.05) is 0 Å². The highest BCUT2D eigenvalue weighted by Crippen LogP contribution is 2.14. The molecule has 20 heavy (non-hydrogen) atoms. The molecule has 0 aliphatic carbocycles. The molecule has 1 aromatic rings. The standard InChI is InChI=1S/C15H17BrN2O2/c1-3-4-13(14(17)19)18-15(20)10(2)9-11-5-7-12(16)8-6-11/h1,5-8,10,13H,4,9H2,2H3,(H2,17,19)(H,18,20)/t10-,13+/m1/s1. The van der Waals surface area contributed by atoms with Crippen LogP contribution in [-0.2, 0) is 16.0 Å². The Kier molecular flexibility index (Phi) is 6.26. The van der Waals surface area contributed by atoms with Gasteiger partial charge in [-0.3, -0.25) is 9.59 Å². The molecule has 5 heteroatoms. The van der Waals surface area contributed by atoms with Gasteiger partial charge >= 0.3 is 0 Å². The van der Waals surface area contributed by atoms with E-state index in [1.54, 1.807) is 6.92 Å². The van der Waals surface area contributed by atoms with E-state index in [4.69, 9.17) is 12.2 Å². The summed E-state index contributed by atoms with van der Waals surface area (Å²) in [4.78, 5) is 23.2. The second-order valence-electron chi connectivity index (χ2n) is 4.60. The predicted molar refractivity (Wildman–Crippen MR) is 81.6 cm³/mol. The first kappa shape index (κ1) is 16.3. The highest BCUT2D eigenvalue weighted by molar-refractivity contribution is 9.10. The van der Waals surface area contributed by atoms with Crippen LogP contribution < -0.4 is 11.1 Å². The number of nitrogens with one attached hydrogen (secondary N) is 1. The van der Waals surface area contributed by atoms with Crippen LogP contribution in [0.3, 0.4) is 0 Å². The van der Waals surface area contributed by atoms with E-state index in [0.29, 0.717) is 6.42 Å². The van der Waals surface area contributed by atoms with Gasteiger partial charge in [0.05, 0.1) is 0 Å². The molecule has 3 N–H and O–H groups in total. The van der Waals surface area contributed by atoms with Crippen molar-refractivity contribution in [3.8, 4) is 12.3 Å². The summed E-state index contributed by atoms with van der Waals surface area (Å²) in [6.07, 6.45) is 5.83. The van der Waals surface area contributed by atoms with Crippen LogP contribution in [0, 0.1) is 18.3 Å². The van der Waals surface area contributed by atoms with Gasteiger partial charge < -0.3 is 11.1 Å². The number of carbonyl (C=O) groups excluding carboxylic acids is 2. The lowest BCUT2D eigenvalue weighted by atomic mass is 10.00. The monoisotopic (exact) mass is 336 g/mol. The van der Waals surface area contributed by atoms with E-state index in [2.05, 4.69) is 27.2 Å². The van der Waals surface area contributed by atoms with Crippen molar-refractivity contribution in [1.29, 1.82) is 0 Å². The van der Waals surface area contributed by atoms with Crippen LogP contribution in [-0.4, -0.2) is 17.9 Å². The van der Waals surface area contributed by atoms with Crippen LogP contribution in [0.5, 0.6) is 0 Å². The molecule has 2 amide bonds. The van der Waals surface area contributed by atoms with Crippen LogP contribution in [0.1, 0.15) is 18.9 Å². The minimum Gasteiger partial charge on any atom is -0.368 e. The molecule has 0 aliphatic rings. The van der Waals surface area contributed by atoms with E-state index in [9.17, 15) is 9.59 Å². The van der Waals surface area contributed by atoms with E-state index in [1.807, 2.05) is 24.3 Å². The Balaban J connectivity index is 2.60. The zero-order valence-corrected chi connectivity index (χ0v) is 12.8. The minimum atomic E-state index is -0.806. The Morgan fingerprint density at radius 3 is 2.50 bits per heavy atom. The van der Waals surface area contributed by atoms with Crippen molar-refractivity contribution >= 4 is 27.7 Å². The number of amides is 2. The number of nitrogens with two attached hydrogens (primary N) is 1. The lowest BCUT2D eigenvalue weighted by Gasteiger charge is -2.17. The van der Waals surface area contributed by atoms with Crippen LogP contribution in [0.4, 0.5) is 0 Å². The van der Waals surface area contributed by atoms with E-state index in [1.165, 1.54) is 0 Å². The van der Waals surface area contributed by atoms with E-state index in [0.717, 1.165) is 10.0 Å². The smallest absolute Gasteiger partial charge is 0.240 e. The first-order valence-corrected chi connectivity index (χ1v) is 7.01. The van der Waals surface area contributed by atoms with Gasteiger partial charge in [-0.15, -0.1) is 12.3 Å². The molecule has 0 spiro atoms. The molecular formula is C15H17BrN2O2. The highest BCUT2D eigenvalue weighted by Gasteiger charge is 2.20. The number of primary amides is 1. The molecule has 0 saturated heterocycles. The topological polar surface area (TPSA) is 72.2 Å². The second-order valence-corrected chi connectivity index (χ2v) is 5.52. The zero-order chi connectivity index (χ0) is 15.1. The third-order valence-electron chi connectivity index (χ3n) is 2.88. The van der Waals surface area contributed by atoms with Gasteiger partial charge in [-0.1, -0.05) is 35.0 Å². The highest BCUT2D eigenvalue weighted by atomic mass is 79.9. The van der Waals surface area contributed by atoms with Crippen LogP contribution in [0.15, 0.2) is 28.7 Å². The Morgan fingerprint density at radius 1 is 1.40 bits per heavy atom. The van der Waals surface area contributed by atoms with Gasteiger partial charge in [-0.05, 0) is 24.1 Å². The van der Waals surface area contributed by atoms with Crippen LogP contribution in [0.2, 0.25) is 0 Å². The maximum absolute atomic E-state index is 12.0. The molecule has 0 heterocycles. The average molecular weight is 337 g/mol. The van der Waals surface area contributed by atoms with Crippen LogP contribution in [0.25, 0.3) is 0 Å². The Bertz CT molecular complexity index is 520. The number of benzene rings is 1. The molecule has 0 aromatic heterocycles. The minimum absolute atomic E-state index is 0.103. The van der Waals surface area contributed by atoms with Crippen molar-refractivity contribution in [1.82, 2.24) is 5.32 Å². The third kappa shape index (κ3) is 5.06. The molecule has 0 bridgehead atoms. The van der Waals surface area contributed by atoms with Crippen molar-refractivity contribution < 1.29 is 9.59 Å². The summed E-state index contributed by atoms with van der Waals surface area (Å²) in [6.45, 7) is 1.80. The lowest BCUT2D eigenvalue weighted by molar-refractivity contribution is -0.129. The van der Waals surface area contributed by atoms with Gasteiger partial charge in [0, 0.05) is 16.8 Å². The molecule has 0 fully saturated rings. The number of terminal acetylenes is 1. The summed E-state index contributed by atoms with van der Waals surface area (Å²) in [5, 5.41) is 2.58. The molecule has 1 rings (SSSR count). The predicted octanol–water partition coefficient (Wildman–Crippen LogP) is 1.62. The molecule has 0 aliphatic heterocycles. The molecule has 106 valence electrons. The quantitative estimate of drug-likeness (QED) is 0.775. The average Bonchev–Trinajstić information content (AvgIpc) is 2.40. The number of rotatable bonds is 6. The summed E-state index contributed by atoms with van der Waals surface area (Å²) in [5.74, 6) is 1.21. The van der Waals surface area contributed by atoms with E-state index < -0.39 is 11.9 Å². The van der Waals surface area contributed by atoms with Gasteiger partial charge in [-0.2, -0.15) is 0 Å². The number of halogens is 1. The third-order valence-corrected chi connectivity index (χ3v) is 3.41. The maximum Gasteiger partial charge on any atom is 0.240 e. The number of hydrogen-bond acceptors (Lipinski definition) is 2. The van der Waals surface area contributed by atoms with E-state index >= 15 is 0 Å². The SMILES string of the molecule is C#CC[C@H](NC(=O)[C@H](C)Cc1ccc(Br)cc1)C(N)=O. The van der Waals surface area contributed by atoms with Crippen molar-refractivity contribution in [2.45, 2.75) is 25.8 Å². The molecular weight excluding hydrogens is 320 g/mol. The fourth-order valence-corrected chi connectivity index (χ4v) is 1.99. The molecule has 1 aromatic carbocycles. The van der Waals surface area contributed by atoms with Crippen molar-refractivity contribution in [3.05, 3.63) is 34.3 Å². The molecule has 0 saturated carbocycles. The van der Waals surface area contributed by atoms with Gasteiger partial charge in [-0.25, -0.2) is 0 Å². The van der Waals surface area contributed by atoms with Gasteiger partial charge in [0.1, 0.15) is 6.04 Å². The number of carbonyl (C=O) groups is 2. The lowest BCUT2D eigenvalue weighted by Crippen LogP contribution is -2.46. The Morgan fingerprint density at radius 2 is 2.00 bits per heavy atom. The fraction of sp³-hybridized carbons (Fsp3) is 0.333. The molecule has 0 radical (unpaired) electrons. The first-order valence-electron chi connectivity index (χ1n) is 6.21. The fourth-order valence-electron chi connectivity index (χ4n) is 1.72. The summed E-state index contributed by atoms with van der Waals surface area (Å²) in [6, 6.07) is 6.93. The normalized spacial score (nSPS) is 13.1. The molecule has 4 nitrogen and oxygen atoms in total. The van der Waals surface area contributed by atoms with Gasteiger partial charge in [0.25, 0.3) is 0 Å². The van der Waals surface area contributed by atoms with Gasteiger partial charge in [0.15, 0.2) is 0 Å². The zero-order valence-electron chi connectivity index (χ0n) is 11.2. The Hall–Kier alpha value is -1.80. The second kappa shape index (κ2) is 7.71. The van der Waals surface area contributed by atoms with Crippen molar-refractivity contribution in [2.24, 2.45) is 11.7 Å². The van der Waals surface area contributed by atoms with Crippen molar-refractivity contribution in [3.63, 3.8) is 0 Å². The molecule has 0 unspecified atom stereocenters. The van der Waals surface area contributed by atoms with E-state index in [-0.39, 0.29) is 18.2 Å². The van der Waals surface area contributed by atoms with Gasteiger partial charge in [0.2, 0.25) is 11.8 Å². The summed E-state index contributed by atoms with van der Waals surface area (Å²) in [5.41, 5.74) is 6.23.